The summed E-state index contributed by atoms with van der Waals surface area (Å²) >= 11 is 1.56. The van der Waals surface area contributed by atoms with Gasteiger partial charge in [-0.1, -0.05) is 56.5 Å². The van der Waals surface area contributed by atoms with Gasteiger partial charge in [0.2, 0.25) is 5.91 Å². The molecule has 0 unspecified atom stereocenters. The maximum Gasteiger partial charge on any atom is 0.305 e. The lowest BCUT2D eigenvalue weighted by Crippen LogP contribution is -2.38. The zero-order valence-electron chi connectivity index (χ0n) is 14.9. The minimum Gasteiger partial charge on any atom is -0.481 e. The Balaban J connectivity index is 2.34. The van der Waals surface area contributed by atoms with E-state index in [1.807, 2.05) is 42.5 Å². The summed E-state index contributed by atoms with van der Waals surface area (Å²) in [6, 6.07) is 9.41. The van der Waals surface area contributed by atoms with Crippen molar-refractivity contribution < 1.29 is 14.7 Å². The van der Waals surface area contributed by atoms with E-state index < -0.39 is 5.97 Å². The van der Waals surface area contributed by atoms with Gasteiger partial charge in [-0.05, 0) is 25.0 Å². The number of hydrogen-bond acceptors (Lipinski definition) is 3. The molecule has 0 fully saturated rings. The number of benzene rings is 1. The van der Waals surface area contributed by atoms with Gasteiger partial charge in [-0.25, -0.2) is 0 Å². The number of hydrogen-bond donors (Lipinski definition) is 2. The fraction of sp³-hybridized carbons (Fsp3) is 0.500. The van der Waals surface area contributed by atoms with Crippen LogP contribution in [0.25, 0.3) is 0 Å². The van der Waals surface area contributed by atoms with Gasteiger partial charge in [-0.3, -0.25) is 9.59 Å². The van der Waals surface area contributed by atoms with Crippen molar-refractivity contribution in [1.82, 2.24) is 5.32 Å². The maximum atomic E-state index is 12.0. The molecule has 0 saturated carbocycles. The fourth-order valence-electron chi connectivity index (χ4n) is 2.36. The molecule has 0 aliphatic rings. The lowest BCUT2D eigenvalue weighted by molar-refractivity contribution is -0.137. The minimum absolute atomic E-state index is 0.0632. The largest absolute Gasteiger partial charge is 0.481 e. The summed E-state index contributed by atoms with van der Waals surface area (Å²) in [5, 5.41) is 11.9. The lowest BCUT2D eigenvalue weighted by Gasteiger charge is -2.16. The van der Waals surface area contributed by atoms with Crippen LogP contribution >= 0.6 is 11.8 Å². The molecule has 1 aromatic carbocycles. The van der Waals surface area contributed by atoms with Gasteiger partial charge in [0, 0.05) is 23.1 Å². The summed E-state index contributed by atoms with van der Waals surface area (Å²) in [5.41, 5.74) is 0. The summed E-state index contributed by atoms with van der Waals surface area (Å²) in [6.45, 7) is 2.18. The number of unbranched alkanes of at least 4 members (excludes halogenated alkanes) is 4. The van der Waals surface area contributed by atoms with Gasteiger partial charge in [-0.2, -0.15) is 0 Å². The molecule has 1 amide bonds. The lowest BCUT2D eigenvalue weighted by atomic mass is 10.1. The molecular weight excluding hydrogens is 334 g/mol. The van der Waals surface area contributed by atoms with Crippen molar-refractivity contribution in [2.45, 2.75) is 62.8 Å². The van der Waals surface area contributed by atoms with E-state index in [-0.39, 0.29) is 18.4 Å². The van der Waals surface area contributed by atoms with Crippen LogP contribution in [-0.2, 0) is 9.59 Å². The number of nitrogens with one attached hydrogen (secondary N) is 1. The van der Waals surface area contributed by atoms with Crippen molar-refractivity contribution in [3.63, 3.8) is 0 Å². The van der Waals surface area contributed by atoms with Crippen LogP contribution in [-0.4, -0.2) is 28.8 Å². The van der Waals surface area contributed by atoms with Crippen LogP contribution < -0.4 is 5.32 Å². The monoisotopic (exact) mass is 363 g/mol. The molecule has 1 rings (SSSR count). The first-order valence-corrected chi connectivity index (χ1v) is 9.94. The van der Waals surface area contributed by atoms with Crippen LogP contribution in [0.4, 0.5) is 0 Å². The fourth-order valence-corrected chi connectivity index (χ4v) is 3.30. The highest BCUT2D eigenvalue weighted by molar-refractivity contribution is 7.99. The molecule has 5 heteroatoms. The van der Waals surface area contributed by atoms with Crippen LogP contribution in [0.5, 0.6) is 0 Å². The Labute approximate surface area is 155 Å². The first kappa shape index (κ1) is 21.3. The molecule has 25 heavy (non-hydrogen) atoms. The Hall–Kier alpha value is -1.75. The Morgan fingerprint density at radius 3 is 2.60 bits per heavy atom. The molecule has 2 N–H and O–H groups in total. The van der Waals surface area contributed by atoms with Crippen molar-refractivity contribution >= 4 is 23.6 Å². The smallest absolute Gasteiger partial charge is 0.305 e. The number of amides is 1. The van der Waals surface area contributed by atoms with Gasteiger partial charge in [0.1, 0.15) is 0 Å². The molecule has 1 atom stereocenters. The Morgan fingerprint density at radius 2 is 1.92 bits per heavy atom. The number of carboxylic acids is 1. The van der Waals surface area contributed by atoms with Gasteiger partial charge in [0.15, 0.2) is 0 Å². The van der Waals surface area contributed by atoms with E-state index in [2.05, 4.69) is 12.2 Å². The zero-order valence-corrected chi connectivity index (χ0v) is 15.8. The molecule has 0 aromatic heterocycles. The highest BCUT2D eigenvalue weighted by Gasteiger charge is 2.15. The predicted octanol–water partition coefficient (Wildman–Crippen LogP) is 4.65. The van der Waals surface area contributed by atoms with Crippen molar-refractivity contribution in [3.8, 4) is 0 Å². The number of carboxylic acid groups (broad SMARTS) is 1. The van der Waals surface area contributed by atoms with E-state index in [1.54, 1.807) is 11.8 Å². The summed E-state index contributed by atoms with van der Waals surface area (Å²) < 4.78 is 0. The van der Waals surface area contributed by atoms with Gasteiger partial charge in [0.05, 0.1) is 6.42 Å². The van der Waals surface area contributed by atoms with Crippen molar-refractivity contribution in [3.05, 3.63) is 42.5 Å². The van der Waals surface area contributed by atoms with Crippen LogP contribution in [0.3, 0.4) is 0 Å². The SMILES string of the molecule is CCCCCC/C=C/CC(=O)N[C@H](CSc1ccccc1)CC(=O)O. The molecule has 0 aliphatic heterocycles. The summed E-state index contributed by atoms with van der Waals surface area (Å²) in [4.78, 5) is 24.1. The molecule has 0 spiro atoms. The van der Waals surface area contributed by atoms with Gasteiger partial charge >= 0.3 is 5.97 Å². The second kappa shape index (κ2) is 13.5. The molecule has 4 nitrogen and oxygen atoms in total. The van der Waals surface area contributed by atoms with Crippen LogP contribution in [0.15, 0.2) is 47.4 Å². The molecule has 138 valence electrons. The molecular formula is C20H29NO3S. The standard InChI is InChI=1S/C20H29NO3S/c1-2-3-4-5-6-7-11-14-19(22)21-17(15-20(23)24)16-25-18-12-9-8-10-13-18/h7-13,17H,2-6,14-16H2,1H3,(H,21,22)(H,23,24)/b11-7+/t17-/m0/s1. The van der Waals surface area contributed by atoms with Crippen LogP contribution in [0.2, 0.25) is 0 Å². The maximum absolute atomic E-state index is 12.0. The van der Waals surface area contributed by atoms with Gasteiger partial charge in [-0.15, -0.1) is 11.8 Å². The van der Waals surface area contributed by atoms with E-state index in [1.165, 1.54) is 19.3 Å². The van der Waals surface area contributed by atoms with Gasteiger partial charge < -0.3 is 10.4 Å². The third-order valence-electron chi connectivity index (χ3n) is 3.67. The predicted molar refractivity (Wildman–Crippen MR) is 104 cm³/mol. The number of aliphatic carboxylic acids is 1. The number of rotatable bonds is 13. The number of carbonyl (C=O) groups excluding carboxylic acids is 1. The Kier molecular flexibility index (Phi) is 11.5. The normalized spacial score (nSPS) is 12.2. The third-order valence-corrected chi connectivity index (χ3v) is 4.85. The second-order valence-electron chi connectivity index (χ2n) is 6.01. The van der Waals surface area contributed by atoms with E-state index in [4.69, 9.17) is 5.11 Å². The highest BCUT2D eigenvalue weighted by Crippen LogP contribution is 2.19. The minimum atomic E-state index is -0.898. The zero-order chi connectivity index (χ0) is 18.3. The van der Waals surface area contributed by atoms with E-state index in [0.29, 0.717) is 12.2 Å². The van der Waals surface area contributed by atoms with E-state index in [9.17, 15) is 9.59 Å². The number of allylic oxidation sites excluding steroid dienone is 1. The van der Waals surface area contributed by atoms with Crippen molar-refractivity contribution in [2.24, 2.45) is 0 Å². The summed E-state index contributed by atoms with van der Waals surface area (Å²) in [7, 11) is 0. The Morgan fingerprint density at radius 1 is 1.16 bits per heavy atom. The number of carbonyl (C=O) groups is 2. The summed E-state index contributed by atoms with van der Waals surface area (Å²) in [6.07, 6.45) is 10.0. The van der Waals surface area contributed by atoms with E-state index >= 15 is 0 Å². The molecule has 0 bridgehead atoms. The average molecular weight is 364 g/mol. The van der Waals surface area contributed by atoms with E-state index in [0.717, 1.165) is 17.7 Å². The third kappa shape index (κ3) is 11.4. The number of thioether (sulfide) groups is 1. The quantitative estimate of drug-likeness (QED) is 0.304. The molecule has 1 aromatic rings. The first-order valence-electron chi connectivity index (χ1n) is 8.95. The van der Waals surface area contributed by atoms with Gasteiger partial charge in [0.25, 0.3) is 0 Å². The first-order chi connectivity index (χ1) is 12.1. The highest BCUT2D eigenvalue weighted by atomic mass is 32.2. The molecule has 0 heterocycles. The summed E-state index contributed by atoms with van der Waals surface area (Å²) in [5.74, 6) is -0.474. The van der Waals surface area contributed by atoms with Crippen LogP contribution in [0, 0.1) is 0 Å². The average Bonchev–Trinajstić information content (AvgIpc) is 2.59. The molecule has 0 aliphatic carbocycles. The van der Waals surface area contributed by atoms with Crippen molar-refractivity contribution in [2.75, 3.05) is 5.75 Å². The van der Waals surface area contributed by atoms with Crippen LogP contribution in [0.1, 0.15) is 51.9 Å². The van der Waals surface area contributed by atoms with Crippen molar-refractivity contribution in [1.29, 1.82) is 0 Å². The second-order valence-corrected chi connectivity index (χ2v) is 7.10. The Bertz CT molecular complexity index is 531. The molecule has 0 saturated heterocycles. The topological polar surface area (TPSA) is 66.4 Å². The molecule has 0 radical (unpaired) electrons.